The molecule has 0 spiro atoms. The third kappa shape index (κ3) is 15.3. The number of hydrogen-bond acceptors (Lipinski definition) is 8. The molecule has 194 valence electrons. The summed E-state index contributed by atoms with van der Waals surface area (Å²) in [5.74, 6) is -0.503. The largest absolute Gasteiger partial charge is 0.463 e. The average molecular weight is 473 g/mol. The Hall–Kier alpha value is -1.22. The molecule has 8 nitrogen and oxygen atoms in total. The number of carbonyl (C=O) groups excluding carboxylic acids is 2. The molecule has 1 aliphatic heterocycles. The van der Waals surface area contributed by atoms with Crippen molar-refractivity contribution in [3.8, 4) is 0 Å². The normalized spacial score (nSPS) is 20.5. The van der Waals surface area contributed by atoms with Gasteiger partial charge in [0.15, 0.2) is 0 Å². The molecule has 0 radical (unpaired) electrons. The molecule has 0 N–H and O–H groups in total. The highest BCUT2D eigenvalue weighted by Gasteiger charge is 2.38. The summed E-state index contributed by atoms with van der Waals surface area (Å²) in [5.41, 5.74) is 0. The molecule has 1 heterocycles. The molecule has 0 saturated carbocycles. The van der Waals surface area contributed by atoms with Crippen molar-refractivity contribution in [1.82, 2.24) is 9.80 Å². The minimum atomic E-state index is -0.649. The van der Waals surface area contributed by atoms with E-state index in [1.165, 1.54) is 25.7 Å². The summed E-state index contributed by atoms with van der Waals surface area (Å²) in [4.78, 5) is 28.3. The summed E-state index contributed by atoms with van der Waals surface area (Å²) in [7, 11) is 7.91. The Morgan fingerprint density at radius 3 is 2.09 bits per heavy atom. The molecular weight excluding hydrogens is 424 g/mol. The van der Waals surface area contributed by atoms with Crippen LogP contribution in [0.1, 0.15) is 77.6 Å². The van der Waals surface area contributed by atoms with Crippen molar-refractivity contribution in [3.05, 3.63) is 0 Å². The lowest BCUT2D eigenvalue weighted by molar-refractivity contribution is -0.181. The number of rotatable bonds is 19. The quantitative estimate of drug-likeness (QED) is 0.208. The van der Waals surface area contributed by atoms with Crippen molar-refractivity contribution < 1.29 is 28.5 Å². The summed E-state index contributed by atoms with van der Waals surface area (Å²) >= 11 is 0. The van der Waals surface area contributed by atoms with E-state index in [1.54, 1.807) is 0 Å². The van der Waals surface area contributed by atoms with E-state index in [0.717, 1.165) is 38.8 Å². The number of hydrogen-bond donors (Lipinski definition) is 0. The zero-order valence-corrected chi connectivity index (χ0v) is 21.7. The van der Waals surface area contributed by atoms with Crippen molar-refractivity contribution in [2.24, 2.45) is 0 Å². The van der Waals surface area contributed by atoms with Crippen molar-refractivity contribution in [1.29, 1.82) is 0 Å². The second kappa shape index (κ2) is 18.2. The highest BCUT2D eigenvalue weighted by Crippen LogP contribution is 2.26. The number of unbranched alkanes of at least 4 members (excludes halogenated alkanes) is 5. The Morgan fingerprint density at radius 1 is 0.848 bits per heavy atom. The molecule has 1 saturated heterocycles. The molecule has 0 aromatic carbocycles. The molecule has 0 bridgehead atoms. The lowest BCUT2D eigenvalue weighted by Gasteiger charge is -2.19. The van der Waals surface area contributed by atoms with Crippen LogP contribution in [0, 0.1) is 0 Å². The SMILES string of the molecule is CCCCCCCCO[C@@H]1C[C@H](OC(=O)CCCN(C)C)O[C@@H]1COC(=O)CCCN(C)C. The molecule has 3 atom stereocenters. The maximum atomic E-state index is 12.2. The van der Waals surface area contributed by atoms with Gasteiger partial charge >= 0.3 is 11.9 Å². The third-order valence-corrected chi connectivity index (χ3v) is 5.64. The standard InChI is InChI=1S/C25H48N2O6/c1-6-7-8-9-10-11-18-30-21-19-25(33-24(29)15-13-17-27(4)5)32-22(21)20-31-23(28)14-12-16-26(2)3/h21-22,25H,6-20H2,1-5H3/t21-,22-,25+/m1/s1. The molecule has 1 rings (SSSR count). The first-order chi connectivity index (χ1) is 15.8. The molecule has 33 heavy (non-hydrogen) atoms. The molecule has 0 aromatic rings. The second-order valence-electron chi connectivity index (χ2n) is 9.50. The van der Waals surface area contributed by atoms with Gasteiger partial charge in [-0.1, -0.05) is 39.0 Å². The first-order valence-electron chi connectivity index (χ1n) is 12.7. The molecule has 0 amide bonds. The first-order valence-corrected chi connectivity index (χ1v) is 12.7. The highest BCUT2D eigenvalue weighted by molar-refractivity contribution is 5.69. The molecule has 0 unspecified atom stereocenters. The zero-order chi connectivity index (χ0) is 24.5. The van der Waals surface area contributed by atoms with E-state index in [-0.39, 0.29) is 24.6 Å². The number of nitrogens with zero attached hydrogens (tertiary/aromatic N) is 2. The fourth-order valence-electron chi connectivity index (χ4n) is 3.73. The van der Waals surface area contributed by atoms with Crippen LogP contribution in [0.25, 0.3) is 0 Å². The monoisotopic (exact) mass is 472 g/mol. The second-order valence-corrected chi connectivity index (χ2v) is 9.50. The average Bonchev–Trinajstić information content (AvgIpc) is 3.12. The van der Waals surface area contributed by atoms with E-state index in [9.17, 15) is 9.59 Å². The topological polar surface area (TPSA) is 77.5 Å². The van der Waals surface area contributed by atoms with Crippen LogP contribution in [-0.2, 0) is 28.5 Å². The minimum absolute atomic E-state index is 0.122. The van der Waals surface area contributed by atoms with Crippen LogP contribution in [0.2, 0.25) is 0 Å². The van der Waals surface area contributed by atoms with Gasteiger partial charge in [-0.15, -0.1) is 0 Å². The van der Waals surface area contributed by atoms with Crippen molar-refractivity contribution in [2.45, 2.75) is 96.1 Å². The van der Waals surface area contributed by atoms with Crippen LogP contribution in [0.4, 0.5) is 0 Å². The molecule has 0 aromatic heterocycles. The molecular formula is C25H48N2O6. The zero-order valence-electron chi connectivity index (χ0n) is 21.7. The Balaban J connectivity index is 2.44. The van der Waals surface area contributed by atoms with Gasteiger partial charge < -0.3 is 28.7 Å². The summed E-state index contributed by atoms with van der Waals surface area (Å²) in [6, 6.07) is 0. The summed E-state index contributed by atoms with van der Waals surface area (Å²) < 4.78 is 22.9. The van der Waals surface area contributed by atoms with Gasteiger partial charge in [-0.2, -0.15) is 0 Å². The first kappa shape index (κ1) is 29.8. The number of esters is 2. The lowest BCUT2D eigenvalue weighted by atomic mass is 10.1. The van der Waals surface area contributed by atoms with Gasteiger partial charge in [0.2, 0.25) is 6.29 Å². The maximum Gasteiger partial charge on any atom is 0.308 e. The predicted octanol–water partition coefficient (Wildman–Crippen LogP) is 3.62. The van der Waals surface area contributed by atoms with E-state index >= 15 is 0 Å². The Kier molecular flexibility index (Phi) is 16.4. The number of carbonyl (C=O) groups is 2. The van der Waals surface area contributed by atoms with Crippen LogP contribution >= 0.6 is 0 Å². The van der Waals surface area contributed by atoms with Crippen molar-refractivity contribution in [2.75, 3.05) is 54.5 Å². The van der Waals surface area contributed by atoms with Gasteiger partial charge in [-0.3, -0.25) is 9.59 Å². The highest BCUT2D eigenvalue weighted by atomic mass is 16.7. The minimum Gasteiger partial charge on any atom is -0.463 e. The van der Waals surface area contributed by atoms with Crippen molar-refractivity contribution in [3.63, 3.8) is 0 Å². The van der Waals surface area contributed by atoms with Gasteiger partial charge in [0.25, 0.3) is 0 Å². The van der Waals surface area contributed by atoms with Crippen LogP contribution in [0.15, 0.2) is 0 Å². The Labute approximate surface area is 201 Å². The predicted molar refractivity (Wildman–Crippen MR) is 129 cm³/mol. The Bertz CT molecular complexity index is 529. The molecule has 1 aliphatic rings. The van der Waals surface area contributed by atoms with Gasteiger partial charge in [0.1, 0.15) is 12.7 Å². The lowest BCUT2D eigenvalue weighted by Crippen LogP contribution is -2.31. The van der Waals surface area contributed by atoms with E-state index in [0.29, 0.717) is 25.9 Å². The van der Waals surface area contributed by atoms with Crippen molar-refractivity contribution >= 4 is 11.9 Å². The van der Waals surface area contributed by atoms with Crippen LogP contribution in [0.3, 0.4) is 0 Å². The van der Waals surface area contributed by atoms with Gasteiger partial charge in [-0.05, 0) is 60.5 Å². The smallest absolute Gasteiger partial charge is 0.308 e. The fraction of sp³-hybridized carbons (Fsp3) is 0.920. The van der Waals surface area contributed by atoms with Crippen LogP contribution in [-0.4, -0.2) is 94.7 Å². The molecule has 1 fully saturated rings. The van der Waals surface area contributed by atoms with Crippen LogP contribution in [0.5, 0.6) is 0 Å². The summed E-state index contributed by atoms with van der Waals surface area (Å²) in [6.45, 7) is 4.64. The van der Waals surface area contributed by atoms with E-state index in [1.807, 2.05) is 38.0 Å². The van der Waals surface area contributed by atoms with E-state index in [4.69, 9.17) is 18.9 Å². The van der Waals surface area contributed by atoms with Gasteiger partial charge in [0, 0.05) is 25.9 Å². The fourth-order valence-corrected chi connectivity index (χ4v) is 3.73. The maximum absolute atomic E-state index is 12.2. The van der Waals surface area contributed by atoms with Gasteiger partial charge in [0.05, 0.1) is 6.10 Å². The van der Waals surface area contributed by atoms with E-state index < -0.39 is 12.4 Å². The van der Waals surface area contributed by atoms with Crippen LogP contribution < -0.4 is 0 Å². The molecule has 8 heteroatoms. The summed E-state index contributed by atoms with van der Waals surface area (Å²) in [6.07, 6.45) is 8.52. The Morgan fingerprint density at radius 2 is 1.45 bits per heavy atom. The molecule has 0 aliphatic carbocycles. The third-order valence-electron chi connectivity index (χ3n) is 5.64. The van der Waals surface area contributed by atoms with E-state index in [2.05, 4.69) is 6.92 Å². The summed E-state index contributed by atoms with van der Waals surface area (Å²) in [5, 5.41) is 0. The number of ether oxygens (including phenoxy) is 4. The van der Waals surface area contributed by atoms with Gasteiger partial charge in [-0.25, -0.2) is 0 Å².